The van der Waals surface area contributed by atoms with E-state index in [0.29, 0.717) is 19.0 Å². The van der Waals surface area contributed by atoms with Crippen LogP contribution < -0.4 is 10.4 Å². The van der Waals surface area contributed by atoms with E-state index >= 15 is 0 Å². The molecule has 48 heavy (non-hydrogen) atoms. The first-order valence-corrected chi connectivity index (χ1v) is 19.2. The largest absolute Gasteiger partial charge is 0.187 e. The van der Waals surface area contributed by atoms with Gasteiger partial charge in [0.1, 0.15) is 0 Å². The van der Waals surface area contributed by atoms with Crippen molar-refractivity contribution in [2.45, 2.75) is 53.4 Å². The summed E-state index contributed by atoms with van der Waals surface area (Å²) in [5.41, 5.74) is 15.3. The molecular formula is C46H38Si2. The van der Waals surface area contributed by atoms with Gasteiger partial charge in [-0.15, -0.1) is 11.1 Å². The van der Waals surface area contributed by atoms with Crippen LogP contribution in [-0.4, -0.2) is 19.0 Å². The highest BCUT2D eigenvalue weighted by Gasteiger charge is 2.14. The lowest BCUT2D eigenvalue weighted by atomic mass is 9.90. The highest BCUT2D eigenvalue weighted by molar-refractivity contribution is 6.63. The van der Waals surface area contributed by atoms with Gasteiger partial charge in [-0.1, -0.05) is 124 Å². The smallest absolute Gasteiger partial charge is 0.124 e. The predicted molar refractivity (Wildman–Crippen MR) is 211 cm³/mol. The van der Waals surface area contributed by atoms with Crippen LogP contribution in [0, 0.1) is 22.9 Å². The molecule has 0 aliphatic heterocycles. The van der Waals surface area contributed by atoms with Crippen LogP contribution in [-0.2, 0) is 25.7 Å². The number of hydrogen-bond donors (Lipinski definition) is 0. The van der Waals surface area contributed by atoms with Crippen LogP contribution in [0.25, 0.3) is 43.1 Å². The Morgan fingerprint density at radius 1 is 0.417 bits per heavy atom. The van der Waals surface area contributed by atoms with Crippen LogP contribution in [0.4, 0.5) is 0 Å². The van der Waals surface area contributed by atoms with Crippen molar-refractivity contribution in [2.75, 3.05) is 0 Å². The minimum absolute atomic E-state index is 0.436. The Bertz CT molecular complexity index is 2290. The van der Waals surface area contributed by atoms with Crippen molar-refractivity contribution in [3.05, 3.63) is 143 Å². The molecular weight excluding hydrogens is 609 g/mol. The molecule has 0 heterocycles. The third-order valence-corrected chi connectivity index (χ3v) is 11.6. The van der Waals surface area contributed by atoms with Gasteiger partial charge in [0.05, 0.1) is 0 Å². The van der Waals surface area contributed by atoms with Gasteiger partial charge < -0.3 is 0 Å². The SMILES string of the molecule is CCc1cccc([Si]C#Cc2c3ccccc3c(C#C[Si]c3cccc(CC)c3CC)c3cc4cc5ccccc5cc4cc23)c1CC. The van der Waals surface area contributed by atoms with Crippen LogP contribution in [0.1, 0.15) is 61.1 Å². The van der Waals surface area contributed by atoms with Crippen molar-refractivity contribution < 1.29 is 0 Å². The van der Waals surface area contributed by atoms with Crippen LogP contribution in [0.2, 0.25) is 0 Å². The van der Waals surface area contributed by atoms with Gasteiger partial charge in [-0.25, -0.2) is 0 Å². The number of hydrogen-bond acceptors (Lipinski definition) is 0. The van der Waals surface area contributed by atoms with Gasteiger partial charge >= 0.3 is 0 Å². The van der Waals surface area contributed by atoms with Gasteiger partial charge in [0.25, 0.3) is 0 Å². The third kappa shape index (κ3) is 5.99. The summed E-state index contributed by atoms with van der Waals surface area (Å²) in [5.74, 6) is 7.45. The lowest BCUT2D eigenvalue weighted by Crippen LogP contribution is -2.19. The van der Waals surface area contributed by atoms with Crippen molar-refractivity contribution in [3.8, 4) is 22.9 Å². The van der Waals surface area contributed by atoms with Crippen molar-refractivity contribution >= 4 is 72.5 Å². The Hall–Kier alpha value is -4.87. The molecule has 0 saturated heterocycles. The molecule has 2 heteroatoms. The molecule has 0 bridgehead atoms. The standard InChI is InChI=1S/C46H38Si2/c1-5-31-17-13-21-45(37(31)7-3)47-25-23-41-39-19-11-12-20-40(39)42(24-26-48-46-22-14-18-32(6-2)38(46)8-4)44-30-36-28-34-16-10-9-15-33(34)27-35(36)29-43(41)44/h9-22,27-30H,5-8H2,1-4H3. The van der Waals surface area contributed by atoms with E-state index in [1.54, 1.807) is 0 Å². The molecule has 0 unspecified atom stereocenters. The molecule has 7 aromatic carbocycles. The molecule has 0 amide bonds. The zero-order chi connectivity index (χ0) is 33.0. The van der Waals surface area contributed by atoms with Crippen LogP contribution in [0.15, 0.2) is 109 Å². The zero-order valence-corrected chi connectivity index (χ0v) is 30.2. The first-order valence-electron chi connectivity index (χ1n) is 17.2. The van der Waals surface area contributed by atoms with Crippen molar-refractivity contribution in [3.63, 3.8) is 0 Å². The van der Waals surface area contributed by atoms with Gasteiger partial charge in [0, 0.05) is 11.1 Å². The molecule has 0 fully saturated rings. The van der Waals surface area contributed by atoms with E-state index in [1.807, 2.05) is 0 Å². The van der Waals surface area contributed by atoms with E-state index in [-0.39, 0.29) is 0 Å². The van der Waals surface area contributed by atoms with Gasteiger partial charge in [-0.05, 0) is 126 Å². The second-order valence-electron chi connectivity index (χ2n) is 12.3. The Balaban J connectivity index is 1.44. The summed E-state index contributed by atoms with van der Waals surface area (Å²) in [7, 11) is 0.873. The molecule has 0 atom stereocenters. The monoisotopic (exact) mass is 646 g/mol. The maximum atomic E-state index is 3.72. The minimum Gasteiger partial charge on any atom is -0.124 e. The summed E-state index contributed by atoms with van der Waals surface area (Å²) in [4.78, 5) is 0. The van der Waals surface area contributed by atoms with Crippen molar-refractivity contribution in [1.82, 2.24) is 0 Å². The minimum atomic E-state index is 0.436. The summed E-state index contributed by atoms with van der Waals surface area (Å²) >= 11 is 0. The molecule has 230 valence electrons. The highest BCUT2D eigenvalue weighted by Crippen LogP contribution is 2.36. The summed E-state index contributed by atoms with van der Waals surface area (Å²) in [5, 5.41) is 12.4. The Labute approximate surface area is 290 Å². The van der Waals surface area contributed by atoms with Crippen LogP contribution >= 0.6 is 0 Å². The maximum absolute atomic E-state index is 3.72. The first kappa shape index (κ1) is 31.7. The lowest BCUT2D eigenvalue weighted by molar-refractivity contribution is 1.05. The van der Waals surface area contributed by atoms with E-state index in [0.717, 1.165) is 36.8 Å². The number of benzene rings is 7. The molecule has 0 aromatic heterocycles. The zero-order valence-electron chi connectivity index (χ0n) is 28.2. The average Bonchev–Trinajstić information content (AvgIpc) is 3.13. The topological polar surface area (TPSA) is 0 Å². The van der Waals surface area contributed by atoms with E-state index < -0.39 is 0 Å². The van der Waals surface area contributed by atoms with Crippen molar-refractivity contribution in [1.29, 1.82) is 0 Å². The Morgan fingerprint density at radius 3 is 1.27 bits per heavy atom. The van der Waals surface area contributed by atoms with Crippen molar-refractivity contribution in [2.24, 2.45) is 0 Å². The predicted octanol–water partition coefficient (Wildman–Crippen LogP) is 9.23. The van der Waals surface area contributed by atoms with Crippen LogP contribution in [0.3, 0.4) is 0 Å². The molecule has 0 nitrogen and oxygen atoms in total. The molecule has 0 spiro atoms. The molecule has 7 aromatic rings. The van der Waals surface area contributed by atoms with Gasteiger partial charge in [0.15, 0.2) is 19.0 Å². The second-order valence-corrected chi connectivity index (χ2v) is 14.4. The summed E-state index contributed by atoms with van der Waals surface area (Å²) < 4.78 is 0. The fourth-order valence-electron chi connectivity index (χ4n) is 7.21. The summed E-state index contributed by atoms with van der Waals surface area (Å²) in [6.07, 6.45) is 4.18. The van der Waals surface area contributed by atoms with Gasteiger partial charge in [-0.3, -0.25) is 0 Å². The first-order chi connectivity index (χ1) is 23.6. The molecule has 7 rings (SSSR count). The molecule has 0 N–H and O–H groups in total. The summed E-state index contributed by atoms with van der Waals surface area (Å²) in [6.45, 7) is 9.01. The van der Waals surface area contributed by atoms with E-state index in [1.165, 1.54) is 75.7 Å². The van der Waals surface area contributed by atoms with Crippen LogP contribution in [0.5, 0.6) is 0 Å². The summed E-state index contributed by atoms with van der Waals surface area (Å²) in [6, 6.07) is 40.2. The highest BCUT2D eigenvalue weighted by atomic mass is 28.2. The van der Waals surface area contributed by atoms with Gasteiger partial charge in [-0.2, -0.15) is 0 Å². The fourth-order valence-corrected chi connectivity index (χ4v) is 9.19. The van der Waals surface area contributed by atoms with Gasteiger partial charge in [0.2, 0.25) is 0 Å². The van der Waals surface area contributed by atoms with E-state index in [2.05, 4.69) is 160 Å². The fraction of sp³-hybridized carbons (Fsp3) is 0.174. The quantitative estimate of drug-likeness (QED) is 0.0960. The number of rotatable bonds is 6. The molecule has 0 aliphatic carbocycles. The number of aryl methyl sites for hydroxylation is 2. The molecule has 0 aliphatic rings. The average molecular weight is 647 g/mol. The lowest BCUT2D eigenvalue weighted by Gasteiger charge is -2.13. The molecule has 4 radical (unpaired) electrons. The Kier molecular flexibility index (Phi) is 9.31. The normalized spacial score (nSPS) is 11.1. The maximum Gasteiger partial charge on any atom is 0.187 e. The molecule has 0 saturated carbocycles. The third-order valence-electron chi connectivity index (χ3n) is 9.63. The van der Waals surface area contributed by atoms with E-state index in [9.17, 15) is 0 Å². The second kappa shape index (κ2) is 14.1. The number of fused-ring (bicyclic) bond motifs is 4. The van der Waals surface area contributed by atoms with E-state index in [4.69, 9.17) is 0 Å². The Morgan fingerprint density at radius 2 is 0.854 bits per heavy atom.